The minimum Gasteiger partial charge on any atom is -0.447 e. The van der Waals surface area contributed by atoms with Gasteiger partial charge in [0.05, 0.1) is 10.8 Å². The van der Waals surface area contributed by atoms with Gasteiger partial charge >= 0.3 is 5.97 Å². The number of ether oxygens (including phenoxy) is 1. The molecule has 7 nitrogen and oxygen atoms in total. The Hall–Kier alpha value is -2.42. The standard InChI is InChI=1S/C20H21ClN2O5S/c21-16-8-10-17(11-9-16)29(26,27)23-12-4-7-15(13-23)20(25)28-18(19(22)24)14-5-2-1-3-6-14/h1-3,5-6,8-11,15,18H,4,7,12-13H2,(H2,22,24)/t15-,18+/m1/s1. The summed E-state index contributed by atoms with van der Waals surface area (Å²) in [5, 5.41) is 0.433. The summed E-state index contributed by atoms with van der Waals surface area (Å²) in [5.41, 5.74) is 5.87. The van der Waals surface area contributed by atoms with Gasteiger partial charge in [-0.3, -0.25) is 9.59 Å². The smallest absolute Gasteiger partial charge is 0.311 e. The van der Waals surface area contributed by atoms with E-state index in [0.29, 0.717) is 30.0 Å². The van der Waals surface area contributed by atoms with Gasteiger partial charge in [-0.05, 0) is 37.1 Å². The highest BCUT2D eigenvalue weighted by molar-refractivity contribution is 7.89. The number of hydrogen-bond donors (Lipinski definition) is 1. The van der Waals surface area contributed by atoms with Crippen molar-refractivity contribution in [2.45, 2.75) is 23.8 Å². The van der Waals surface area contributed by atoms with Crippen molar-refractivity contribution in [1.82, 2.24) is 4.31 Å². The van der Waals surface area contributed by atoms with Crippen molar-refractivity contribution in [3.05, 3.63) is 65.2 Å². The highest BCUT2D eigenvalue weighted by atomic mass is 35.5. The Bertz CT molecular complexity index is 980. The Kier molecular flexibility index (Phi) is 6.56. The van der Waals surface area contributed by atoms with Crippen molar-refractivity contribution in [3.8, 4) is 0 Å². The van der Waals surface area contributed by atoms with Gasteiger partial charge in [-0.15, -0.1) is 0 Å². The fraction of sp³-hybridized carbons (Fsp3) is 0.300. The number of nitrogens with zero attached hydrogens (tertiary/aromatic N) is 1. The van der Waals surface area contributed by atoms with Gasteiger partial charge in [0.15, 0.2) is 0 Å². The van der Waals surface area contributed by atoms with E-state index in [2.05, 4.69) is 0 Å². The summed E-state index contributed by atoms with van der Waals surface area (Å²) in [4.78, 5) is 24.6. The summed E-state index contributed by atoms with van der Waals surface area (Å²) < 4.78 is 32.4. The molecule has 1 amide bonds. The molecule has 2 aromatic rings. The van der Waals surface area contributed by atoms with Crippen LogP contribution in [-0.2, 0) is 24.3 Å². The summed E-state index contributed by atoms with van der Waals surface area (Å²) >= 11 is 5.83. The first-order valence-electron chi connectivity index (χ1n) is 9.09. The van der Waals surface area contributed by atoms with Crippen LogP contribution in [0.2, 0.25) is 5.02 Å². The third kappa shape index (κ3) is 4.95. The van der Waals surface area contributed by atoms with Crippen LogP contribution in [0.4, 0.5) is 0 Å². The maximum absolute atomic E-state index is 12.9. The topological polar surface area (TPSA) is 107 Å². The molecular formula is C20H21ClN2O5S. The Morgan fingerprint density at radius 2 is 1.76 bits per heavy atom. The number of hydrogen-bond acceptors (Lipinski definition) is 5. The third-order valence-electron chi connectivity index (χ3n) is 4.76. The van der Waals surface area contributed by atoms with Crippen LogP contribution in [0.1, 0.15) is 24.5 Å². The molecule has 154 valence electrons. The van der Waals surface area contributed by atoms with E-state index >= 15 is 0 Å². The molecule has 0 bridgehead atoms. The fourth-order valence-corrected chi connectivity index (χ4v) is 4.89. The van der Waals surface area contributed by atoms with E-state index in [9.17, 15) is 18.0 Å². The minimum atomic E-state index is -3.77. The van der Waals surface area contributed by atoms with Gasteiger partial charge in [0, 0.05) is 23.7 Å². The predicted octanol–water partition coefficient (Wildman–Crippen LogP) is 2.51. The van der Waals surface area contributed by atoms with Crippen LogP contribution >= 0.6 is 11.6 Å². The zero-order chi connectivity index (χ0) is 21.0. The molecule has 2 aromatic carbocycles. The van der Waals surface area contributed by atoms with Crippen LogP contribution in [0, 0.1) is 5.92 Å². The molecule has 1 fully saturated rings. The Labute approximate surface area is 174 Å². The minimum absolute atomic E-state index is 0.0237. The lowest BCUT2D eigenvalue weighted by Crippen LogP contribution is -2.43. The molecule has 2 atom stereocenters. The van der Waals surface area contributed by atoms with Gasteiger partial charge in [0.25, 0.3) is 5.91 Å². The molecule has 0 aliphatic carbocycles. The highest BCUT2D eigenvalue weighted by Crippen LogP contribution is 2.27. The molecule has 1 saturated heterocycles. The number of halogens is 1. The number of rotatable bonds is 6. The molecule has 2 N–H and O–H groups in total. The molecule has 0 radical (unpaired) electrons. The summed E-state index contributed by atoms with van der Waals surface area (Å²) in [6.07, 6.45) is -0.253. The number of sulfonamides is 1. The van der Waals surface area contributed by atoms with Crippen molar-refractivity contribution in [3.63, 3.8) is 0 Å². The summed E-state index contributed by atoms with van der Waals surface area (Å²) in [6, 6.07) is 14.3. The maximum atomic E-state index is 12.9. The van der Waals surface area contributed by atoms with Crippen LogP contribution in [-0.4, -0.2) is 37.7 Å². The van der Waals surface area contributed by atoms with Gasteiger partial charge in [-0.1, -0.05) is 41.9 Å². The molecule has 0 spiro atoms. The van der Waals surface area contributed by atoms with Crippen LogP contribution in [0.3, 0.4) is 0 Å². The van der Waals surface area contributed by atoms with E-state index < -0.39 is 33.9 Å². The number of amides is 1. The van der Waals surface area contributed by atoms with Crippen LogP contribution in [0.5, 0.6) is 0 Å². The molecule has 29 heavy (non-hydrogen) atoms. The number of benzene rings is 2. The maximum Gasteiger partial charge on any atom is 0.311 e. The normalized spacial score (nSPS) is 18.7. The number of carbonyl (C=O) groups is 2. The van der Waals surface area contributed by atoms with E-state index in [1.54, 1.807) is 30.3 Å². The van der Waals surface area contributed by atoms with Crippen LogP contribution < -0.4 is 5.73 Å². The van der Waals surface area contributed by atoms with Crippen LogP contribution in [0.15, 0.2) is 59.5 Å². The van der Waals surface area contributed by atoms with Gasteiger partial charge in [-0.2, -0.15) is 4.31 Å². The first-order valence-corrected chi connectivity index (χ1v) is 10.9. The first kappa shape index (κ1) is 21.3. The van der Waals surface area contributed by atoms with E-state index in [1.807, 2.05) is 0 Å². The first-order chi connectivity index (χ1) is 13.8. The summed E-state index contributed by atoms with van der Waals surface area (Å²) in [5.74, 6) is -2.11. The Balaban J connectivity index is 1.73. The van der Waals surface area contributed by atoms with Gasteiger partial charge < -0.3 is 10.5 Å². The molecule has 3 rings (SSSR count). The number of primary amides is 1. The lowest BCUT2D eigenvalue weighted by atomic mass is 9.99. The van der Waals surface area contributed by atoms with Crippen molar-refractivity contribution < 1.29 is 22.7 Å². The average molecular weight is 437 g/mol. The molecule has 1 aliphatic heterocycles. The second kappa shape index (κ2) is 8.94. The van der Waals surface area contributed by atoms with Crippen molar-refractivity contribution in [1.29, 1.82) is 0 Å². The van der Waals surface area contributed by atoms with Gasteiger partial charge in [0.2, 0.25) is 16.1 Å². The molecule has 0 saturated carbocycles. The second-order valence-electron chi connectivity index (χ2n) is 6.79. The Morgan fingerprint density at radius 1 is 1.10 bits per heavy atom. The zero-order valence-electron chi connectivity index (χ0n) is 15.5. The predicted molar refractivity (Wildman–Crippen MR) is 107 cm³/mol. The van der Waals surface area contributed by atoms with E-state index in [4.69, 9.17) is 22.1 Å². The largest absolute Gasteiger partial charge is 0.447 e. The lowest BCUT2D eigenvalue weighted by molar-refractivity contribution is -0.160. The molecule has 0 aromatic heterocycles. The molecular weight excluding hydrogens is 416 g/mol. The lowest BCUT2D eigenvalue weighted by Gasteiger charge is -2.31. The molecule has 0 unspecified atom stereocenters. The van der Waals surface area contributed by atoms with Gasteiger partial charge in [-0.25, -0.2) is 8.42 Å². The number of piperidine rings is 1. The SMILES string of the molecule is NC(=O)[C@@H](OC(=O)[C@@H]1CCCN(S(=O)(=O)c2ccc(Cl)cc2)C1)c1ccccc1. The molecule has 9 heteroatoms. The summed E-state index contributed by atoms with van der Waals surface area (Å²) in [6.45, 7) is 0.275. The van der Waals surface area contributed by atoms with E-state index in [-0.39, 0.29) is 11.4 Å². The molecule has 1 heterocycles. The fourth-order valence-electron chi connectivity index (χ4n) is 3.24. The summed E-state index contributed by atoms with van der Waals surface area (Å²) in [7, 11) is -3.77. The van der Waals surface area contributed by atoms with E-state index in [0.717, 1.165) is 0 Å². The highest BCUT2D eigenvalue weighted by Gasteiger charge is 2.35. The van der Waals surface area contributed by atoms with E-state index in [1.165, 1.54) is 28.6 Å². The Morgan fingerprint density at radius 3 is 2.38 bits per heavy atom. The zero-order valence-corrected chi connectivity index (χ0v) is 17.1. The number of esters is 1. The monoisotopic (exact) mass is 436 g/mol. The quantitative estimate of drug-likeness (QED) is 0.700. The van der Waals surface area contributed by atoms with Gasteiger partial charge in [0.1, 0.15) is 0 Å². The average Bonchev–Trinajstić information content (AvgIpc) is 2.72. The molecule has 1 aliphatic rings. The van der Waals surface area contributed by atoms with Crippen molar-refractivity contribution in [2.24, 2.45) is 11.7 Å². The number of nitrogens with two attached hydrogens (primary N) is 1. The third-order valence-corrected chi connectivity index (χ3v) is 6.89. The van der Waals surface area contributed by atoms with Crippen LogP contribution in [0.25, 0.3) is 0 Å². The second-order valence-corrected chi connectivity index (χ2v) is 9.16. The van der Waals surface area contributed by atoms with Crippen molar-refractivity contribution in [2.75, 3.05) is 13.1 Å². The number of carbonyl (C=O) groups excluding carboxylic acids is 2. The van der Waals surface area contributed by atoms with Crippen molar-refractivity contribution >= 4 is 33.5 Å².